The predicted molar refractivity (Wildman–Crippen MR) is 94.6 cm³/mol. The number of nitro groups is 1. The van der Waals surface area contributed by atoms with Gasteiger partial charge in [-0.3, -0.25) is 10.1 Å². The van der Waals surface area contributed by atoms with Crippen molar-refractivity contribution in [1.29, 1.82) is 0 Å². The van der Waals surface area contributed by atoms with E-state index in [4.69, 9.17) is 20.0 Å². The lowest BCUT2D eigenvalue weighted by Gasteiger charge is -2.20. The number of non-ortho nitro benzene ring substituents is 1. The Morgan fingerprint density at radius 1 is 1.31 bits per heavy atom. The van der Waals surface area contributed by atoms with Crippen molar-refractivity contribution < 1.29 is 19.2 Å². The standard InChI is InChI=1S/C18H19N3O5/c19-17(7-6-13-4-2-1-3-5-13)20-26-11-15-9-16(21(22)23)8-14-10-24-12-25-18(14)15/h1-5,8-9H,6-7,10-12H2,(H2,19,20). The molecule has 0 aliphatic carbocycles. The van der Waals surface area contributed by atoms with Crippen LogP contribution in [0.25, 0.3) is 0 Å². The summed E-state index contributed by atoms with van der Waals surface area (Å²) in [6, 6.07) is 12.8. The zero-order valence-electron chi connectivity index (χ0n) is 14.1. The fourth-order valence-electron chi connectivity index (χ4n) is 2.64. The Labute approximate surface area is 150 Å². The van der Waals surface area contributed by atoms with Gasteiger partial charge in [0.2, 0.25) is 0 Å². The SMILES string of the molecule is N/C(CCc1ccccc1)=N\OCc1cc([N+](=O)[O-])cc2c1OCOC2. The van der Waals surface area contributed by atoms with Crippen molar-refractivity contribution in [2.75, 3.05) is 6.79 Å². The average molecular weight is 357 g/mol. The van der Waals surface area contributed by atoms with E-state index >= 15 is 0 Å². The Kier molecular flexibility index (Phi) is 5.65. The first kappa shape index (κ1) is 17.7. The van der Waals surface area contributed by atoms with Crippen LogP contribution in [0.3, 0.4) is 0 Å². The lowest BCUT2D eigenvalue weighted by Crippen LogP contribution is -2.15. The number of nitrogens with two attached hydrogens (primary N) is 1. The largest absolute Gasteiger partial charge is 0.467 e. The second-order valence-corrected chi connectivity index (χ2v) is 5.80. The molecule has 0 atom stereocenters. The molecule has 26 heavy (non-hydrogen) atoms. The van der Waals surface area contributed by atoms with Crippen LogP contribution in [0.4, 0.5) is 5.69 Å². The normalized spacial score (nSPS) is 13.6. The topological polar surface area (TPSA) is 109 Å². The third-order valence-corrected chi connectivity index (χ3v) is 3.90. The molecular formula is C18H19N3O5. The van der Waals surface area contributed by atoms with E-state index in [1.807, 2.05) is 30.3 Å². The van der Waals surface area contributed by atoms with E-state index in [-0.39, 0.29) is 25.7 Å². The van der Waals surface area contributed by atoms with Crippen LogP contribution in [0.5, 0.6) is 5.75 Å². The fraction of sp³-hybridized carbons (Fsp3) is 0.278. The average Bonchev–Trinajstić information content (AvgIpc) is 2.67. The number of fused-ring (bicyclic) bond motifs is 1. The maximum atomic E-state index is 11.1. The van der Waals surface area contributed by atoms with Gasteiger partial charge in [0, 0.05) is 29.7 Å². The fourth-order valence-corrected chi connectivity index (χ4v) is 2.64. The van der Waals surface area contributed by atoms with E-state index in [0.29, 0.717) is 29.1 Å². The van der Waals surface area contributed by atoms with Crippen molar-refractivity contribution >= 4 is 11.5 Å². The highest BCUT2D eigenvalue weighted by Gasteiger charge is 2.21. The summed E-state index contributed by atoms with van der Waals surface area (Å²) in [5.74, 6) is 0.900. The van der Waals surface area contributed by atoms with Gasteiger partial charge in [-0.05, 0) is 12.0 Å². The molecule has 0 fully saturated rings. The third-order valence-electron chi connectivity index (χ3n) is 3.90. The predicted octanol–water partition coefficient (Wildman–Crippen LogP) is 2.88. The van der Waals surface area contributed by atoms with Crippen LogP contribution in [0.15, 0.2) is 47.6 Å². The van der Waals surface area contributed by atoms with Gasteiger partial charge < -0.3 is 20.0 Å². The maximum Gasteiger partial charge on any atom is 0.270 e. The third kappa shape index (κ3) is 4.48. The van der Waals surface area contributed by atoms with E-state index in [9.17, 15) is 10.1 Å². The molecule has 1 aliphatic rings. The van der Waals surface area contributed by atoms with Crippen molar-refractivity contribution in [2.24, 2.45) is 10.9 Å². The Bertz CT molecular complexity index is 808. The molecule has 0 saturated heterocycles. The van der Waals surface area contributed by atoms with Crippen LogP contribution >= 0.6 is 0 Å². The van der Waals surface area contributed by atoms with Crippen molar-refractivity contribution in [1.82, 2.24) is 0 Å². The maximum absolute atomic E-state index is 11.1. The van der Waals surface area contributed by atoms with E-state index in [1.54, 1.807) is 0 Å². The number of hydrogen-bond donors (Lipinski definition) is 1. The molecule has 0 saturated carbocycles. The van der Waals surface area contributed by atoms with Crippen molar-refractivity contribution in [3.63, 3.8) is 0 Å². The molecule has 136 valence electrons. The van der Waals surface area contributed by atoms with Gasteiger partial charge in [0.05, 0.1) is 11.5 Å². The van der Waals surface area contributed by atoms with Crippen molar-refractivity contribution in [2.45, 2.75) is 26.1 Å². The summed E-state index contributed by atoms with van der Waals surface area (Å²) in [6.45, 7) is 0.378. The molecular weight excluding hydrogens is 338 g/mol. The molecule has 2 N–H and O–H groups in total. The van der Waals surface area contributed by atoms with E-state index < -0.39 is 4.92 Å². The first-order chi connectivity index (χ1) is 12.6. The molecule has 2 aromatic carbocycles. The molecule has 8 heteroatoms. The molecule has 0 aromatic heterocycles. The second kappa shape index (κ2) is 8.30. The van der Waals surface area contributed by atoms with Crippen LogP contribution in [0.2, 0.25) is 0 Å². The monoisotopic (exact) mass is 357 g/mol. The highest BCUT2D eigenvalue weighted by molar-refractivity contribution is 5.79. The van der Waals surface area contributed by atoms with Gasteiger partial charge in [0.1, 0.15) is 18.2 Å². The summed E-state index contributed by atoms with van der Waals surface area (Å²) in [5, 5.41) is 15.0. The van der Waals surface area contributed by atoms with Crippen LogP contribution in [-0.2, 0) is 29.2 Å². The number of ether oxygens (including phenoxy) is 2. The lowest BCUT2D eigenvalue weighted by molar-refractivity contribution is -0.385. The van der Waals surface area contributed by atoms with Gasteiger partial charge in [-0.1, -0.05) is 35.5 Å². The summed E-state index contributed by atoms with van der Waals surface area (Å²) < 4.78 is 10.6. The summed E-state index contributed by atoms with van der Waals surface area (Å²) >= 11 is 0. The zero-order valence-corrected chi connectivity index (χ0v) is 14.1. The van der Waals surface area contributed by atoms with Gasteiger partial charge in [0.15, 0.2) is 6.79 Å². The van der Waals surface area contributed by atoms with E-state index in [2.05, 4.69) is 5.16 Å². The van der Waals surface area contributed by atoms with Crippen LogP contribution < -0.4 is 10.5 Å². The lowest BCUT2D eigenvalue weighted by atomic mass is 10.1. The van der Waals surface area contributed by atoms with Gasteiger partial charge >= 0.3 is 0 Å². The highest BCUT2D eigenvalue weighted by Crippen LogP contribution is 2.33. The van der Waals surface area contributed by atoms with E-state index in [1.165, 1.54) is 12.1 Å². The minimum absolute atomic E-state index is 0.0239. The molecule has 0 bridgehead atoms. The first-order valence-electron chi connectivity index (χ1n) is 8.12. The zero-order chi connectivity index (χ0) is 18.4. The molecule has 3 rings (SSSR count). The molecule has 0 spiro atoms. The molecule has 0 unspecified atom stereocenters. The summed E-state index contributed by atoms with van der Waals surface area (Å²) in [4.78, 5) is 15.9. The Morgan fingerprint density at radius 2 is 2.12 bits per heavy atom. The number of nitrogens with zero attached hydrogens (tertiary/aromatic N) is 2. The number of amidine groups is 1. The van der Waals surface area contributed by atoms with Crippen LogP contribution in [-0.4, -0.2) is 17.6 Å². The second-order valence-electron chi connectivity index (χ2n) is 5.80. The van der Waals surface area contributed by atoms with Gasteiger partial charge in [0.25, 0.3) is 5.69 Å². The number of rotatable bonds is 7. The number of nitro benzene ring substituents is 1. The number of benzene rings is 2. The van der Waals surface area contributed by atoms with Crippen molar-refractivity contribution in [3.05, 3.63) is 69.3 Å². The Balaban J connectivity index is 1.63. The molecule has 1 aliphatic heterocycles. The summed E-state index contributed by atoms with van der Waals surface area (Å²) in [7, 11) is 0. The number of aryl methyl sites for hydroxylation is 1. The highest BCUT2D eigenvalue weighted by atomic mass is 16.7. The Hall–Kier alpha value is -3.13. The molecule has 2 aromatic rings. The molecule has 1 heterocycles. The first-order valence-corrected chi connectivity index (χ1v) is 8.12. The van der Waals surface area contributed by atoms with Crippen LogP contribution in [0.1, 0.15) is 23.1 Å². The van der Waals surface area contributed by atoms with Crippen molar-refractivity contribution in [3.8, 4) is 5.75 Å². The summed E-state index contributed by atoms with van der Waals surface area (Å²) in [6.07, 6.45) is 1.31. The van der Waals surface area contributed by atoms with Gasteiger partial charge in [-0.25, -0.2) is 0 Å². The Morgan fingerprint density at radius 3 is 2.88 bits per heavy atom. The van der Waals surface area contributed by atoms with E-state index in [0.717, 1.165) is 12.0 Å². The number of oxime groups is 1. The quantitative estimate of drug-likeness (QED) is 0.353. The molecule has 0 amide bonds. The molecule has 0 radical (unpaired) electrons. The smallest absolute Gasteiger partial charge is 0.270 e. The van der Waals surface area contributed by atoms with Gasteiger partial charge in [-0.15, -0.1) is 0 Å². The minimum atomic E-state index is -0.462. The van der Waals surface area contributed by atoms with Crippen LogP contribution in [0, 0.1) is 10.1 Å². The minimum Gasteiger partial charge on any atom is -0.467 e. The number of hydrogen-bond acceptors (Lipinski definition) is 6. The molecule has 8 nitrogen and oxygen atoms in total. The van der Waals surface area contributed by atoms with Gasteiger partial charge in [-0.2, -0.15) is 0 Å². The summed E-state index contributed by atoms with van der Waals surface area (Å²) in [5.41, 5.74) is 8.14.